The van der Waals surface area contributed by atoms with Crippen LogP contribution in [0.2, 0.25) is 5.02 Å². The second-order valence-corrected chi connectivity index (χ2v) is 6.63. The highest BCUT2D eigenvalue weighted by Crippen LogP contribution is 2.27. The zero-order valence-corrected chi connectivity index (χ0v) is 16.6. The molecule has 10 heteroatoms. The maximum absolute atomic E-state index is 12.6. The van der Waals surface area contributed by atoms with Gasteiger partial charge >= 0.3 is 5.69 Å². The van der Waals surface area contributed by atoms with Gasteiger partial charge in [0.1, 0.15) is 18.1 Å². The van der Waals surface area contributed by atoms with Gasteiger partial charge in [-0.05, 0) is 25.1 Å². The summed E-state index contributed by atoms with van der Waals surface area (Å²) in [4.78, 5) is 24.5. The molecule has 0 spiro atoms. The molecular formula is C19H19ClN4O5. The van der Waals surface area contributed by atoms with Gasteiger partial charge in [-0.25, -0.2) is 0 Å². The second-order valence-electron chi connectivity index (χ2n) is 6.22. The van der Waals surface area contributed by atoms with E-state index >= 15 is 0 Å². The molecule has 9 nitrogen and oxygen atoms in total. The molecule has 0 aliphatic carbocycles. The lowest BCUT2D eigenvalue weighted by molar-refractivity contribution is -0.386. The fourth-order valence-corrected chi connectivity index (χ4v) is 2.85. The minimum Gasteiger partial charge on any atom is -0.479 e. The van der Waals surface area contributed by atoms with E-state index in [-0.39, 0.29) is 36.3 Å². The number of para-hydroxylation sites is 2. The molecule has 0 N–H and O–H groups in total. The number of carbonyl (C=O) groups excluding carboxylic acids is 1. The number of furan rings is 1. The van der Waals surface area contributed by atoms with E-state index in [9.17, 15) is 14.9 Å². The fraction of sp³-hybridized carbons (Fsp3) is 0.263. The van der Waals surface area contributed by atoms with Crippen LogP contribution in [0.3, 0.4) is 0 Å². The highest BCUT2D eigenvalue weighted by molar-refractivity contribution is 6.31. The number of rotatable bonds is 8. The highest BCUT2D eigenvalue weighted by atomic mass is 35.5. The molecule has 3 aromatic rings. The number of nitro groups is 1. The first-order valence-electron chi connectivity index (χ1n) is 8.81. The summed E-state index contributed by atoms with van der Waals surface area (Å²) >= 11 is 6.15. The van der Waals surface area contributed by atoms with Gasteiger partial charge < -0.3 is 14.1 Å². The van der Waals surface area contributed by atoms with Crippen molar-refractivity contribution in [3.8, 4) is 5.75 Å². The molecule has 0 aliphatic rings. The van der Waals surface area contributed by atoms with E-state index in [1.54, 1.807) is 36.1 Å². The predicted molar refractivity (Wildman–Crippen MR) is 105 cm³/mol. The van der Waals surface area contributed by atoms with Crippen LogP contribution in [0.4, 0.5) is 5.69 Å². The third-order valence-corrected chi connectivity index (χ3v) is 4.46. The Morgan fingerprint density at radius 1 is 1.34 bits per heavy atom. The van der Waals surface area contributed by atoms with Crippen molar-refractivity contribution >= 4 is 23.2 Å². The average Bonchev–Trinajstić information content (AvgIpc) is 3.32. The number of ether oxygens (including phenoxy) is 1. The van der Waals surface area contributed by atoms with Crippen LogP contribution in [-0.4, -0.2) is 32.6 Å². The molecule has 0 saturated heterocycles. The number of hydrogen-bond acceptors (Lipinski definition) is 6. The Morgan fingerprint density at radius 3 is 2.79 bits per heavy atom. The Balaban J connectivity index is 1.64. The van der Waals surface area contributed by atoms with Crippen molar-refractivity contribution in [2.45, 2.75) is 26.6 Å². The van der Waals surface area contributed by atoms with Crippen molar-refractivity contribution in [2.24, 2.45) is 0 Å². The van der Waals surface area contributed by atoms with Crippen LogP contribution in [0.1, 0.15) is 28.9 Å². The zero-order valence-electron chi connectivity index (χ0n) is 15.9. The van der Waals surface area contributed by atoms with E-state index in [1.807, 2.05) is 6.92 Å². The number of carbonyl (C=O) groups is 1. The molecule has 1 amide bonds. The van der Waals surface area contributed by atoms with Crippen molar-refractivity contribution in [1.29, 1.82) is 0 Å². The van der Waals surface area contributed by atoms with Crippen LogP contribution >= 0.6 is 11.6 Å². The Hall–Kier alpha value is -3.33. The van der Waals surface area contributed by atoms with Gasteiger partial charge in [0.05, 0.1) is 16.5 Å². The number of aromatic nitrogens is 2. The molecular weight excluding hydrogens is 400 g/mol. The maximum Gasteiger partial charge on any atom is 0.310 e. The van der Waals surface area contributed by atoms with Gasteiger partial charge in [-0.15, -0.1) is 0 Å². The lowest BCUT2D eigenvalue weighted by Crippen LogP contribution is -2.26. The van der Waals surface area contributed by atoms with Crippen LogP contribution in [0.15, 0.2) is 47.0 Å². The number of halogens is 1. The summed E-state index contributed by atoms with van der Waals surface area (Å²) in [6.45, 7) is 2.80. The lowest BCUT2D eigenvalue weighted by Gasteiger charge is -2.14. The average molecular weight is 419 g/mol. The van der Waals surface area contributed by atoms with Crippen LogP contribution in [0.25, 0.3) is 0 Å². The summed E-state index contributed by atoms with van der Waals surface area (Å²) in [6.07, 6.45) is 1.71. The fourth-order valence-electron chi connectivity index (χ4n) is 2.64. The quantitative estimate of drug-likeness (QED) is 0.405. The Kier molecular flexibility index (Phi) is 6.18. The van der Waals surface area contributed by atoms with Crippen LogP contribution in [0, 0.1) is 10.1 Å². The number of benzene rings is 1. The molecule has 2 aromatic heterocycles. The number of nitro benzene ring substituents is 1. The van der Waals surface area contributed by atoms with Crippen molar-refractivity contribution in [3.05, 3.63) is 74.9 Å². The number of nitrogens with zero attached hydrogens (tertiary/aromatic N) is 4. The van der Waals surface area contributed by atoms with E-state index in [4.69, 9.17) is 20.8 Å². The van der Waals surface area contributed by atoms with Crippen molar-refractivity contribution in [1.82, 2.24) is 14.7 Å². The van der Waals surface area contributed by atoms with E-state index in [2.05, 4.69) is 5.10 Å². The molecule has 0 atom stereocenters. The van der Waals surface area contributed by atoms with Gasteiger partial charge in [0.25, 0.3) is 5.91 Å². The van der Waals surface area contributed by atoms with Crippen molar-refractivity contribution < 1.29 is 18.9 Å². The first-order chi connectivity index (χ1) is 13.9. The lowest BCUT2D eigenvalue weighted by atomic mass is 10.3. The molecule has 1 aromatic carbocycles. The zero-order chi connectivity index (χ0) is 21.0. The van der Waals surface area contributed by atoms with Gasteiger partial charge in [0, 0.05) is 25.9 Å². The largest absolute Gasteiger partial charge is 0.479 e. The summed E-state index contributed by atoms with van der Waals surface area (Å²) in [5.41, 5.74) is 0.453. The summed E-state index contributed by atoms with van der Waals surface area (Å²) < 4.78 is 12.7. The van der Waals surface area contributed by atoms with E-state index < -0.39 is 4.92 Å². The van der Waals surface area contributed by atoms with Gasteiger partial charge in [0.2, 0.25) is 0 Å². The molecule has 0 saturated carbocycles. The first kappa shape index (κ1) is 20.4. The molecule has 0 bridgehead atoms. The third-order valence-electron chi connectivity index (χ3n) is 4.15. The molecule has 152 valence electrons. The number of amides is 1. The minimum atomic E-state index is -0.521. The second kappa shape index (κ2) is 8.78. The van der Waals surface area contributed by atoms with Gasteiger partial charge in [-0.1, -0.05) is 23.7 Å². The van der Waals surface area contributed by atoms with Gasteiger partial charge in [-0.3, -0.25) is 19.6 Å². The smallest absolute Gasteiger partial charge is 0.310 e. The predicted octanol–water partition coefficient (Wildman–Crippen LogP) is 3.91. The van der Waals surface area contributed by atoms with Crippen LogP contribution in [0.5, 0.6) is 5.75 Å². The van der Waals surface area contributed by atoms with Crippen molar-refractivity contribution in [3.63, 3.8) is 0 Å². The van der Waals surface area contributed by atoms with E-state index in [1.165, 1.54) is 23.1 Å². The molecule has 0 fully saturated rings. The Morgan fingerprint density at radius 2 is 2.10 bits per heavy atom. The third kappa shape index (κ3) is 4.75. The summed E-state index contributed by atoms with van der Waals surface area (Å²) in [5, 5.41) is 15.8. The minimum absolute atomic E-state index is 0.0470. The van der Waals surface area contributed by atoms with Crippen molar-refractivity contribution in [2.75, 3.05) is 7.05 Å². The maximum atomic E-state index is 12.6. The molecule has 29 heavy (non-hydrogen) atoms. The first-order valence-corrected chi connectivity index (χ1v) is 9.19. The highest BCUT2D eigenvalue weighted by Gasteiger charge is 2.20. The Bertz CT molecular complexity index is 1030. The standard InChI is InChI=1S/C19H19ClN4O5/c1-3-23-10-14(20)15(21-23)11-22(2)19(25)18-9-8-13(29-18)12-28-17-7-5-4-6-16(17)24(26)27/h4-10H,3,11-12H2,1-2H3. The monoisotopic (exact) mass is 418 g/mol. The van der Waals surface area contributed by atoms with Crippen LogP contribution < -0.4 is 4.74 Å². The molecule has 2 heterocycles. The molecule has 0 unspecified atom stereocenters. The van der Waals surface area contributed by atoms with E-state index in [0.29, 0.717) is 23.0 Å². The van der Waals surface area contributed by atoms with E-state index in [0.717, 1.165) is 0 Å². The SMILES string of the molecule is CCn1cc(Cl)c(CN(C)C(=O)c2ccc(COc3ccccc3[N+](=O)[O-])o2)n1. The summed E-state index contributed by atoms with van der Waals surface area (Å²) in [7, 11) is 1.62. The number of hydrogen-bond donors (Lipinski definition) is 0. The Labute approximate surface area is 171 Å². The van der Waals surface area contributed by atoms with Gasteiger partial charge in [-0.2, -0.15) is 5.10 Å². The van der Waals surface area contributed by atoms with Crippen LogP contribution in [-0.2, 0) is 19.7 Å². The normalized spacial score (nSPS) is 10.7. The summed E-state index contributed by atoms with van der Waals surface area (Å²) in [5.74, 6) is 0.275. The molecule has 3 rings (SSSR count). The molecule has 0 aliphatic heterocycles. The topological polar surface area (TPSA) is 104 Å². The number of aryl methyl sites for hydroxylation is 1. The van der Waals surface area contributed by atoms with Gasteiger partial charge in [0.15, 0.2) is 11.5 Å². The summed E-state index contributed by atoms with van der Waals surface area (Å²) in [6, 6.07) is 9.17. The molecule has 0 radical (unpaired) electrons.